The van der Waals surface area contributed by atoms with Crippen molar-refractivity contribution in [3.63, 3.8) is 0 Å². The van der Waals surface area contributed by atoms with Gasteiger partial charge in [0, 0.05) is 16.6 Å². The van der Waals surface area contributed by atoms with Gasteiger partial charge < -0.3 is 11.2 Å². The van der Waals surface area contributed by atoms with Gasteiger partial charge in [-0.15, -0.1) is 21.5 Å². The zero-order valence-corrected chi connectivity index (χ0v) is 15.0. The molecule has 10 heteroatoms. The molecule has 3 rings (SSSR count). The molecule has 0 saturated carbocycles. The van der Waals surface area contributed by atoms with E-state index >= 15 is 0 Å². The molecular formula is C14H13ClN6OS2. The van der Waals surface area contributed by atoms with Gasteiger partial charge in [-0.2, -0.15) is 0 Å². The first-order valence-corrected chi connectivity index (χ1v) is 9.03. The minimum atomic E-state index is -0.184. The van der Waals surface area contributed by atoms with Crippen LogP contribution in [0.25, 0.3) is 11.4 Å². The third kappa shape index (κ3) is 3.69. The lowest BCUT2D eigenvalue weighted by molar-refractivity contribution is -0.113. The van der Waals surface area contributed by atoms with Crippen molar-refractivity contribution >= 4 is 45.7 Å². The van der Waals surface area contributed by atoms with Gasteiger partial charge in [0.25, 0.3) is 0 Å². The number of carbonyl (C=O) groups is 1. The van der Waals surface area contributed by atoms with Crippen molar-refractivity contribution in [2.75, 3.05) is 16.9 Å². The number of thioether (sulfide) groups is 1. The standard InChI is InChI=1S/C14H13ClN6OS2/c1-8-6-17-13(24-8)18-11(22)7-23-14-20-19-12(21(14)16)9-4-2-3-5-10(9)15/h2-6H,7,16H2,1H3,(H,17,18,22). The first-order valence-electron chi connectivity index (χ1n) is 6.85. The molecule has 0 unspecified atom stereocenters. The summed E-state index contributed by atoms with van der Waals surface area (Å²) in [6, 6.07) is 7.22. The first-order chi connectivity index (χ1) is 11.5. The summed E-state index contributed by atoms with van der Waals surface area (Å²) in [7, 11) is 0. The number of nitrogens with one attached hydrogen (secondary N) is 1. The molecule has 0 saturated heterocycles. The summed E-state index contributed by atoms with van der Waals surface area (Å²) in [4.78, 5) is 17.1. The predicted octanol–water partition coefficient (Wildman–Crippen LogP) is 2.81. The number of hydrogen-bond donors (Lipinski definition) is 2. The number of nitrogen functional groups attached to an aromatic ring is 1. The summed E-state index contributed by atoms with van der Waals surface area (Å²) in [5, 5.41) is 12.3. The Morgan fingerprint density at radius 3 is 2.92 bits per heavy atom. The quantitative estimate of drug-likeness (QED) is 0.521. The minimum Gasteiger partial charge on any atom is -0.335 e. The zero-order chi connectivity index (χ0) is 17.1. The van der Waals surface area contributed by atoms with Crippen LogP contribution in [0.3, 0.4) is 0 Å². The molecule has 7 nitrogen and oxygen atoms in total. The summed E-state index contributed by atoms with van der Waals surface area (Å²) in [6.45, 7) is 1.93. The Hall–Kier alpha value is -2.10. The van der Waals surface area contributed by atoms with E-state index < -0.39 is 0 Å². The maximum absolute atomic E-state index is 12.0. The Labute approximate surface area is 151 Å². The van der Waals surface area contributed by atoms with Gasteiger partial charge in [0.05, 0.1) is 10.8 Å². The summed E-state index contributed by atoms with van der Waals surface area (Å²) >= 11 is 8.75. The Balaban J connectivity index is 1.66. The van der Waals surface area contributed by atoms with Gasteiger partial charge in [0.2, 0.25) is 11.1 Å². The fourth-order valence-electron chi connectivity index (χ4n) is 1.90. The normalized spacial score (nSPS) is 10.8. The van der Waals surface area contributed by atoms with Crippen molar-refractivity contribution in [2.24, 2.45) is 0 Å². The van der Waals surface area contributed by atoms with E-state index in [1.165, 1.54) is 27.8 Å². The highest BCUT2D eigenvalue weighted by atomic mass is 35.5. The number of nitrogens with zero attached hydrogens (tertiary/aromatic N) is 4. The number of carbonyl (C=O) groups excluding carboxylic acids is 1. The van der Waals surface area contributed by atoms with Crippen LogP contribution in [-0.4, -0.2) is 31.5 Å². The largest absolute Gasteiger partial charge is 0.335 e. The maximum atomic E-state index is 12.0. The number of anilines is 1. The van der Waals surface area contributed by atoms with Gasteiger partial charge in [-0.05, 0) is 19.1 Å². The Kier molecular flexibility index (Phi) is 5.03. The summed E-state index contributed by atoms with van der Waals surface area (Å²) in [5.41, 5.74) is 0.684. The molecule has 1 amide bonds. The van der Waals surface area contributed by atoms with Crippen molar-refractivity contribution in [1.82, 2.24) is 19.9 Å². The second-order valence-electron chi connectivity index (χ2n) is 4.77. The van der Waals surface area contributed by atoms with Crippen LogP contribution in [0.15, 0.2) is 35.6 Å². The molecule has 2 aromatic heterocycles. The van der Waals surface area contributed by atoms with Gasteiger partial charge in [-0.1, -0.05) is 35.5 Å². The second kappa shape index (κ2) is 7.20. The van der Waals surface area contributed by atoms with E-state index in [1.54, 1.807) is 12.3 Å². The lowest BCUT2D eigenvalue weighted by atomic mass is 10.2. The number of halogens is 1. The Morgan fingerprint density at radius 1 is 1.42 bits per heavy atom. The van der Waals surface area contributed by atoms with Crippen molar-refractivity contribution in [3.05, 3.63) is 40.4 Å². The van der Waals surface area contributed by atoms with Gasteiger partial charge in [0.15, 0.2) is 11.0 Å². The summed E-state index contributed by atoms with van der Waals surface area (Å²) < 4.78 is 1.33. The highest BCUT2D eigenvalue weighted by Crippen LogP contribution is 2.27. The van der Waals surface area contributed by atoms with Crippen molar-refractivity contribution in [3.8, 4) is 11.4 Å². The van der Waals surface area contributed by atoms with Crippen molar-refractivity contribution in [2.45, 2.75) is 12.1 Å². The Morgan fingerprint density at radius 2 is 2.21 bits per heavy atom. The van der Waals surface area contributed by atoms with Crippen LogP contribution in [0, 0.1) is 6.92 Å². The average molecular weight is 381 g/mol. The van der Waals surface area contributed by atoms with Gasteiger partial charge in [-0.25, -0.2) is 9.66 Å². The fourth-order valence-corrected chi connectivity index (χ4v) is 3.46. The summed E-state index contributed by atoms with van der Waals surface area (Å²) in [5.74, 6) is 6.43. The number of nitrogens with two attached hydrogens (primary N) is 1. The molecule has 0 radical (unpaired) electrons. The minimum absolute atomic E-state index is 0.149. The molecule has 2 heterocycles. The third-order valence-corrected chi connectivity index (χ3v) is 5.08. The van der Waals surface area contributed by atoms with Crippen LogP contribution < -0.4 is 11.2 Å². The number of benzene rings is 1. The van der Waals surface area contributed by atoms with E-state index in [4.69, 9.17) is 17.4 Å². The molecule has 3 aromatic rings. The molecule has 3 N–H and O–H groups in total. The molecule has 0 spiro atoms. The average Bonchev–Trinajstić information content (AvgIpc) is 3.12. The zero-order valence-electron chi connectivity index (χ0n) is 12.6. The highest BCUT2D eigenvalue weighted by Gasteiger charge is 2.16. The van der Waals surface area contributed by atoms with E-state index in [1.807, 2.05) is 25.1 Å². The lowest BCUT2D eigenvalue weighted by Crippen LogP contribution is -2.16. The van der Waals surface area contributed by atoms with E-state index in [0.29, 0.717) is 26.7 Å². The molecule has 0 aliphatic carbocycles. The van der Waals surface area contributed by atoms with Crippen LogP contribution in [0.4, 0.5) is 5.13 Å². The van der Waals surface area contributed by atoms with Gasteiger partial charge in [0.1, 0.15) is 0 Å². The number of rotatable bonds is 5. The topological polar surface area (TPSA) is 98.7 Å². The first kappa shape index (κ1) is 16.7. The number of amides is 1. The SMILES string of the molecule is Cc1cnc(NC(=O)CSc2nnc(-c3ccccc3Cl)n2N)s1. The van der Waals surface area contributed by atoms with Crippen LogP contribution in [0.2, 0.25) is 5.02 Å². The molecule has 24 heavy (non-hydrogen) atoms. The van der Waals surface area contributed by atoms with Crippen LogP contribution in [0.5, 0.6) is 0 Å². The van der Waals surface area contributed by atoms with E-state index in [2.05, 4.69) is 20.5 Å². The number of thiazole rings is 1. The molecule has 0 aliphatic heterocycles. The van der Waals surface area contributed by atoms with Crippen molar-refractivity contribution in [1.29, 1.82) is 0 Å². The number of aromatic nitrogens is 4. The highest BCUT2D eigenvalue weighted by molar-refractivity contribution is 7.99. The van der Waals surface area contributed by atoms with E-state index in [0.717, 1.165) is 4.88 Å². The molecule has 0 atom stereocenters. The van der Waals surface area contributed by atoms with E-state index in [-0.39, 0.29) is 11.7 Å². The van der Waals surface area contributed by atoms with Crippen molar-refractivity contribution < 1.29 is 4.79 Å². The smallest absolute Gasteiger partial charge is 0.236 e. The van der Waals surface area contributed by atoms with Gasteiger partial charge >= 0.3 is 0 Å². The number of hydrogen-bond acceptors (Lipinski definition) is 7. The molecule has 0 bridgehead atoms. The third-order valence-electron chi connectivity index (χ3n) is 2.98. The number of aryl methyl sites for hydroxylation is 1. The van der Waals surface area contributed by atoms with Gasteiger partial charge in [-0.3, -0.25) is 4.79 Å². The van der Waals surface area contributed by atoms with Crippen LogP contribution >= 0.6 is 34.7 Å². The monoisotopic (exact) mass is 380 g/mol. The fraction of sp³-hybridized carbons (Fsp3) is 0.143. The Bertz CT molecular complexity index is 878. The van der Waals surface area contributed by atoms with Crippen LogP contribution in [0.1, 0.15) is 4.88 Å². The van der Waals surface area contributed by atoms with Crippen LogP contribution in [-0.2, 0) is 4.79 Å². The molecule has 0 aliphatic rings. The summed E-state index contributed by atoms with van der Waals surface area (Å²) in [6.07, 6.45) is 1.71. The molecule has 1 aromatic carbocycles. The van der Waals surface area contributed by atoms with E-state index in [9.17, 15) is 4.79 Å². The molecular weight excluding hydrogens is 368 g/mol. The maximum Gasteiger partial charge on any atom is 0.236 e. The second-order valence-corrected chi connectivity index (χ2v) is 7.35. The lowest BCUT2D eigenvalue weighted by Gasteiger charge is -2.05. The molecule has 0 fully saturated rings. The predicted molar refractivity (Wildman–Crippen MR) is 96.8 cm³/mol. The molecule has 124 valence electrons.